The molecule has 3 aromatic rings. The summed E-state index contributed by atoms with van der Waals surface area (Å²) < 4.78 is 0. The van der Waals surface area contributed by atoms with Crippen LogP contribution in [-0.4, -0.2) is 26.3 Å². The third kappa shape index (κ3) is 1.63. The first-order chi connectivity index (χ1) is 12.8. The van der Waals surface area contributed by atoms with Gasteiger partial charge in [0.15, 0.2) is 0 Å². The number of rotatable bonds is 1. The Bertz CT molecular complexity index is 1110. The van der Waals surface area contributed by atoms with E-state index in [2.05, 4.69) is 57.0 Å². The summed E-state index contributed by atoms with van der Waals surface area (Å²) in [5.41, 5.74) is 9.13. The highest BCUT2D eigenvalue weighted by molar-refractivity contribution is 6.33. The quantitative estimate of drug-likeness (QED) is 0.517. The fourth-order valence-corrected chi connectivity index (χ4v) is 5.60. The number of benzene rings is 2. The number of oxime groups is 1. The number of nitrogens with one attached hydrogen (secondary N) is 1. The minimum atomic E-state index is 0.138. The van der Waals surface area contributed by atoms with Crippen molar-refractivity contribution in [1.29, 1.82) is 0 Å². The van der Waals surface area contributed by atoms with Crippen LogP contribution >= 0.6 is 0 Å². The molecular weight excluding hydrogens is 324 g/mol. The number of aromatic amines is 1. The highest BCUT2D eigenvalue weighted by Crippen LogP contribution is 2.64. The van der Waals surface area contributed by atoms with Gasteiger partial charge in [-0.3, -0.25) is 5.10 Å². The molecule has 0 saturated heterocycles. The van der Waals surface area contributed by atoms with E-state index in [0.29, 0.717) is 5.92 Å². The molecule has 3 aliphatic rings. The van der Waals surface area contributed by atoms with Crippen LogP contribution in [0.2, 0.25) is 0 Å². The zero-order valence-corrected chi connectivity index (χ0v) is 14.2. The second-order valence-electron chi connectivity index (χ2n) is 7.80. The molecule has 5 nitrogen and oxygen atoms in total. The summed E-state index contributed by atoms with van der Waals surface area (Å²) in [6, 6.07) is 14.6. The van der Waals surface area contributed by atoms with Gasteiger partial charge in [0.1, 0.15) is 5.52 Å². The van der Waals surface area contributed by atoms with Gasteiger partial charge in [0.25, 0.3) is 0 Å². The molecule has 6 rings (SSSR count). The predicted octanol–water partition coefficient (Wildman–Crippen LogP) is 4.06. The van der Waals surface area contributed by atoms with Crippen LogP contribution in [0.3, 0.4) is 0 Å². The van der Waals surface area contributed by atoms with Gasteiger partial charge in [-0.25, -0.2) is 0 Å². The van der Waals surface area contributed by atoms with Crippen molar-refractivity contribution in [3.8, 4) is 0 Å². The van der Waals surface area contributed by atoms with Crippen LogP contribution in [0.4, 0.5) is 0 Å². The van der Waals surface area contributed by atoms with E-state index in [-0.39, 0.29) is 5.41 Å². The molecule has 0 radical (unpaired) electrons. The lowest BCUT2D eigenvalue weighted by Gasteiger charge is -2.34. The maximum Gasteiger partial charge on any atom is 0.116 e. The lowest BCUT2D eigenvalue weighted by atomic mass is 9.69. The van der Waals surface area contributed by atoms with Gasteiger partial charge in [-0.1, -0.05) is 46.8 Å². The molecule has 1 saturated carbocycles. The summed E-state index contributed by atoms with van der Waals surface area (Å²) in [4.78, 5) is 0. The fourth-order valence-electron chi connectivity index (χ4n) is 5.60. The number of hydrogen-bond acceptors (Lipinski definition) is 4. The number of aromatic nitrogens is 3. The van der Waals surface area contributed by atoms with E-state index in [4.69, 9.17) is 0 Å². The zero-order valence-electron chi connectivity index (χ0n) is 14.2. The van der Waals surface area contributed by atoms with Crippen molar-refractivity contribution in [3.05, 3.63) is 59.2 Å². The van der Waals surface area contributed by atoms with E-state index in [0.717, 1.165) is 53.6 Å². The highest BCUT2D eigenvalue weighted by atomic mass is 16.4. The molecule has 1 aromatic heterocycles. The van der Waals surface area contributed by atoms with Crippen molar-refractivity contribution in [2.75, 3.05) is 0 Å². The Morgan fingerprint density at radius 2 is 2.04 bits per heavy atom. The van der Waals surface area contributed by atoms with E-state index in [1.54, 1.807) is 0 Å². The molecule has 2 unspecified atom stereocenters. The molecule has 2 atom stereocenters. The Morgan fingerprint density at radius 3 is 2.88 bits per heavy atom. The second kappa shape index (κ2) is 4.81. The van der Waals surface area contributed by atoms with Crippen molar-refractivity contribution in [2.24, 2.45) is 16.5 Å². The number of nitrogens with zero attached hydrogens (tertiary/aromatic N) is 3. The summed E-state index contributed by atoms with van der Waals surface area (Å²) >= 11 is 0. The lowest BCUT2D eigenvalue weighted by molar-refractivity contribution is 0.314. The van der Waals surface area contributed by atoms with E-state index in [1.165, 1.54) is 16.7 Å². The van der Waals surface area contributed by atoms with Gasteiger partial charge < -0.3 is 5.21 Å². The van der Waals surface area contributed by atoms with Gasteiger partial charge >= 0.3 is 0 Å². The predicted molar refractivity (Wildman–Crippen MR) is 99.8 cm³/mol. The SMILES string of the molecule is O/N=C1/C(c2ccccc2)=C2c3ccc4[nH]nnc4c3CC23CCC1C3. The normalized spacial score (nSPS) is 28.0. The second-order valence-corrected chi connectivity index (χ2v) is 7.80. The van der Waals surface area contributed by atoms with Gasteiger partial charge in [0.05, 0.1) is 11.2 Å². The van der Waals surface area contributed by atoms with Crippen molar-refractivity contribution >= 4 is 27.9 Å². The molecule has 3 aliphatic carbocycles. The molecule has 0 amide bonds. The maximum absolute atomic E-state index is 9.87. The minimum absolute atomic E-state index is 0.138. The first-order valence-corrected chi connectivity index (χ1v) is 9.16. The number of hydrogen-bond donors (Lipinski definition) is 2. The molecule has 2 N–H and O–H groups in total. The summed E-state index contributed by atoms with van der Waals surface area (Å²) in [5.74, 6) is 0.334. The largest absolute Gasteiger partial charge is 0.411 e. The molecule has 1 spiro atoms. The summed E-state index contributed by atoms with van der Waals surface area (Å²) in [6.45, 7) is 0. The van der Waals surface area contributed by atoms with Crippen LogP contribution in [0.1, 0.15) is 36.0 Å². The summed E-state index contributed by atoms with van der Waals surface area (Å²) in [5, 5.41) is 25.0. The van der Waals surface area contributed by atoms with Crippen LogP contribution in [0.15, 0.2) is 47.6 Å². The van der Waals surface area contributed by atoms with E-state index in [9.17, 15) is 5.21 Å². The first-order valence-electron chi connectivity index (χ1n) is 9.16. The Morgan fingerprint density at radius 1 is 1.15 bits per heavy atom. The monoisotopic (exact) mass is 342 g/mol. The molecule has 0 aliphatic heterocycles. The minimum Gasteiger partial charge on any atom is -0.411 e. The molecule has 1 heterocycles. The molecule has 2 bridgehead atoms. The van der Waals surface area contributed by atoms with Crippen LogP contribution in [0.5, 0.6) is 0 Å². The summed E-state index contributed by atoms with van der Waals surface area (Å²) in [7, 11) is 0. The number of H-pyrrole nitrogens is 1. The molecule has 5 heteroatoms. The molecular formula is C21H18N4O. The standard InChI is InChI=1S/C21H18N4O/c26-24-19-13-8-9-21(10-13)11-15-14(6-7-16-20(15)23-25-22-16)18(21)17(19)12-4-2-1-3-5-12/h1-7,13,26H,8-11H2,(H,22,23,25)/b24-19+. The van der Waals surface area contributed by atoms with Gasteiger partial charge in [-0.15, -0.1) is 5.10 Å². The fraction of sp³-hybridized carbons (Fsp3) is 0.286. The van der Waals surface area contributed by atoms with Crippen LogP contribution in [0, 0.1) is 11.3 Å². The van der Waals surface area contributed by atoms with Crippen LogP contribution in [0.25, 0.3) is 22.2 Å². The van der Waals surface area contributed by atoms with Gasteiger partial charge in [0.2, 0.25) is 0 Å². The highest BCUT2D eigenvalue weighted by Gasteiger charge is 2.54. The third-order valence-corrected chi connectivity index (χ3v) is 6.59. The van der Waals surface area contributed by atoms with Crippen molar-refractivity contribution in [1.82, 2.24) is 15.4 Å². The van der Waals surface area contributed by atoms with E-state index in [1.807, 2.05) is 6.07 Å². The van der Waals surface area contributed by atoms with Crippen molar-refractivity contribution < 1.29 is 5.21 Å². The molecule has 26 heavy (non-hydrogen) atoms. The number of allylic oxidation sites excluding steroid dienone is 2. The lowest BCUT2D eigenvalue weighted by Crippen LogP contribution is -2.27. The first kappa shape index (κ1) is 14.2. The van der Waals surface area contributed by atoms with Gasteiger partial charge in [0, 0.05) is 16.9 Å². The Hall–Kier alpha value is -2.95. The van der Waals surface area contributed by atoms with Gasteiger partial charge in [-0.2, -0.15) is 0 Å². The average molecular weight is 342 g/mol. The smallest absolute Gasteiger partial charge is 0.116 e. The average Bonchev–Trinajstić information content (AvgIpc) is 3.37. The Labute approximate surface area is 150 Å². The molecule has 1 fully saturated rings. The number of fused-ring (bicyclic) bond motifs is 5. The van der Waals surface area contributed by atoms with E-state index >= 15 is 0 Å². The zero-order chi connectivity index (χ0) is 17.3. The van der Waals surface area contributed by atoms with Gasteiger partial charge in [-0.05, 0) is 54.0 Å². The Kier molecular flexibility index (Phi) is 2.64. The Balaban J connectivity index is 1.74. The molecule has 2 aromatic carbocycles. The maximum atomic E-state index is 9.87. The van der Waals surface area contributed by atoms with E-state index < -0.39 is 0 Å². The van der Waals surface area contributed by atoms with Crippen molar-refractivity contribution in [3.63, 3.8) is 0 Å². The van der Waals surface area contributed by atoms with Crippen molar-refractivity contribution in [2.45, 2.75) is 25.7 Å². The van der Waals surface area contributed by atoms with Crippen LogP contribution in [-0.2, 0) is 6.42 Å². The third-order valence-electron chi connectivity index (χ3n) is 6.59. The topological polar surface area (TPSA) is 74.2 Å². The molecule has 128 valence electrons. The summed E-state index contributed by atoms with van der Waals surface area (Å²) in [6.07, 6.45) is 4.28. The van der Waals surface area contributed by atoms with Crippen LogP contribution < -0.4 is 0 Å².